The Morgan fingerprint density at radius 3 is 2.86 bits per heavy atom. The fraction of sp³-hybridized carbons (Fsp3) is 0.167. The lowest BCUT2D eigenvalue weighted by Crippen LogP contribution is -1.82. The van der Waals surface area contributed by atoms with Gasteiger partial charge < -0.3 is 9.72 Å². The monoisotopic (exact) mass is 187 g/mol. The van der Waals surface area contributed by atoms with Gasteiger partial charge in [0.05, 0.1) is 7.11 Å². The maximum absolute atomic E-state index is 5.18. The Morgan fingerprint density at radius 2 is 2.21 bits per heavy atom. The maximum atomic E-state index is 5.18. The summed E-state index contributed by atoms with van der Waals surface area (Å²) in [4.78, 5) is 3.20. The number of rotatable bonds is 2. The minimum absolute atomic E-state index is 0.875. The normalized spacial score (nSPS) is 10.4. The first-order valence-electron chi connectivity index (χ1n) is 4.53. The first-order chi connectivity index (χ1) is 6.72. The van der Waals surface area contributed by atoms with Crippen LogP contribution in [0.3, 0.4) is 0 Å². The Bertz CT molecular complexity index is 482. The lowest BCUT2D eigenvalue weighted by atomic mass is 10.1. The molecule has 0 aliphatic carbocycles. The molecule has 1 aromatic heterocycles. The van der Waals surface area contributed by atoms with Crippen molar-refractivity contribution in [2.24, 2.45) is 0 Å². The number of allylic oxidation sites excluding steroid dienone is 1. The minimum atomic E-state index is 0.875. The van der Waals surface area contributed by atoms with Gasteiger partial charge in [0.1, 0.15) is 5.75 Å². The smallest absolute Gasteiger partial charge is 0.119 e. The van der Waals surface area contributed by atoms with E-state index in [2.05, 4.69) is 11.6 Å². The maximum Gasteiger partial charge on any atom is 0.119 e. The molecule has 2 rings (SSSR count). The number of methoxy groups -OCH3 is 1. The molecule has 0 saturated heterocycles. The van der Waals surface area contributed by atoms with Gasteiger partial charge in [0, 0.05) is 22.7 Å². The number of ether oxygens (including phenoxy) is 1. The van der Waals surface area contributed by atoms with E-state index in [4.69, 9.17) is 4.74 Å². The summed E-state index contributed by atoms with van der Waals surface area (Å²) >= 11 is 0. The van der Waals surface area contributed by atoms with Gasteiger partial charge in [-0.15, -0.1) is 0 Å². The standard InChI is InChI=1S/C12H13NO/c1-8(2)11-7-13-12-5-4-9(14-3)6-10(11)12/h4-7,13H,1H2,2-3H3. The van der Waals surface area contributed by atoms with Crippen LogP contribution in [0.4, 0.5) is 0 Å². The molecule has 1 aromatic carbocycles. The lowest BCUT2D eigenvalue weighted by molar-refractivity contribution is 0.415. The SMILES string of the molecule is C=C(C)c1c[nH]c2ccc(OC)cc12. The van der Waals surface area contributed by atoms with Crippen LogP contribution in [0.15, 0.2) is 31.0 Å². The predicted octanol–water partition coefficient (Wildman–Crippen LogP) is 3.21. The van der Waals surface area contributed by atoms with E-state index in [-0.39, 0.29) is 0 Å². The number of hydrogen-bond donors (Lipinski definition) is 1. The molecule has 0 amide bonds. The van der Waals surface area contributed by atoms with Gasteiger partial charge in [-0.1, -0.05) is 6.58 Å². The second kappa shape index (κ2) is 3.22. The van der Waals surface area contributed by atoms with Gasteiger partial charge >= 0.3 is 0 Å². The zero-order valence-electron chi connectivity index (χ0n) is 8.42. The third kappa shape index (κ3) is 1.29. The van der Waals surface area contributed by atoms with Gasteiger partial charge in [-0.3, -0.25) is 0 Å². The van der Waals surface area contributed by atoms with Crippen molar-refractivity contribution >= 4 is 16.5 Å². The number of hydrogen-bond acceptors (Lipinski definition) is 1. The van der Waals surface area contributed by atoms with Crippen LogP contribution in [0.25, 0.3) is 16.5 Å². The van der Waals surface area contributed by atoms with Crippen molar-refractivity contribution in [3.8, 4) is 5.75 Å². The molecule has 1 heterocycles. The largest absolute Gasteiger partial charge is 0.497 e. The molecule has 1 N–H and O–H groups in total. The highest BCUT2D eigenvalue weighted by atomic mass is 16.5. The van der Waals surface area contributed by atoms with Crippen LogP contribution < -0.4 is 4.74 Å². The van der Waals surface area contributed by atoms with Crippen molar-refractivity contribution < 1.29 is 4.74 Å². The molecular formula is C12H13NO. The number of aromatic amines is 1. The predicted molar refractivity (Wildman–Crippen MR) is 59.6 cm³/mol. The average molecular weight is 187 g/mol. The summed E-state index contributed by atoms with van der Waals surface area (Å²) in [7, 11) is 1.67. The summed E-state index contributed by atoms with van der Waals surface area (Å²) in [6, 6.07) is 5.98. The van der Waals surface area contributed by atoms with Crippen molar-refractivity contribution in [2.75, 3.05) is 7.11 Å². The fourth-order valence-corrected chi connectivity index (χ4v) is 1.58. The third-order valence-electron chi connectivity index (χ3n) is 2.35. The summed E-state index contributed by atoms with van der Waals surface area (Å²) < 4.78 is 5.18. The summed E-state index contributed by atoms with van der Waals surface area (Å²) in [5.74, 6) is 0.875. The molecule has 14 heavy (non-hydrogen) atoms. The average Bonchev–Trinajstić information content (AvgIpc) is 2.59. The van der Waals surface area contributed by atoms with Gasteiger partial charge in [0.2, 0.25) is 0 Å². The highest BCUT2D eigenvalue weighted by molar-refractivity contribution is 5.92. The molecular weight excluding hydrogens is 174 g/mol. The molecule has 0 bridgehead atoms. The Hall–Kier alpha value is -1.70. The summed E-state index contributed by atoms with van der Waals surface area (Å²) in [6.45, 7) is 5.94. The molecule has 0 saturated carbocycles. The lowest BCUT2D eigenvalue weighted by Gasteiger charge is -2.00. The van der Waals surface area contributed by atoms with E-state index >= 15 is 0 Å². The zero-order chi connectivity index (χ0) is 10.1. The van der Waals surface area contributed by atoms with Gasteiger partial charge in [-0.25, -0.2) is 0 Å². The Labute approximate surface area is 83.2 Å². The number of aromatic nitrogens is 1. The molecule has 0 fully saturated rings. The molecule has 2 aromatic rings. The molecule has 0 aliphatic rings. The minimum Gasteiger partial charge on any atom is -0.497 e. The first kappa shape index (κ1) is 8.88. The van der Waals surface area contributed by atoms with Crippen molar-refractivity contribution in [1.29, 1.82) is 0 Å². The zero-order valence-corrected chi connectivity index (χ0v) is 8.42. The quantitative estimate of drug-likeness (QED) is 0.767. The van der Waals surface area contributed by atoms with Gasteiger partial charge in [-0.05, 0) is 30.7 Å². The van der Waals surface area contributed by atoms with E-state index in [1.807, 2.05) is 31.3 Å². The van der Waals surface area contributed by atoms with Crippen LogP contribution in [0.5, 0.6) is 5.75 Å². The Morgan fingerprint density at radius 1 is 1.43 bits per heavy atom. The number of benzene rings is 1. The van der Waals surface area contributed by atoms with E-state index in [1.54, 1.807) is 7.11 Å². The highest BCUT2D eigenvalue weighted by Crippen LogP contribution is 2.27. The third-order valence-corrected chi connectivity index (χ3v) is 2.35. The Kier molecular flexibility index (Phi) is 2.04. The van der Waals surface area contributed by atoms with Crippen LogP contribution in [0.2, 0.25) is 0 Å². The topological polar surface area (TPSA) is 25.0 Å². The molecule has 0 aliphatic heterocycles. The molecule has 2 heteroatoms. The molecule has 0 radical (unpaired) electrons. The number of nitrogens with one attached hydrogen (secondary N) is 1. The van der Waals surface area contributed by atoms with Crippen LogP contribution in [-0.2, 0) is 0 Å². The summed E-state index contributed by atoms with van der Waals surface area (Å²) in [6.07, 6.45) is 1.98. The van der Waals surface area contributed by atoms with E-state index < -0.39 is 0 Å². The van der Waals surface area contributed by atoms with Crippen LogP contribution in [0, 0.1) is 0 Å². The van der Waals surface area contributed by atoms with E-state index in [0.29, 0.717) is 0 Å². The summed E-state index contributed by atoms with van der Waals surface area (Å²) in [5.41, 5.74) is 3.33. The molecule has 0 atom stereocenters. The Balaban J connectivity index is 2.69. The number of fused-ring (bicyclic) bond motifs is 1. The fourth-order valence-electron chi connectivity index (χ4n) is 1.58. The van der Waals surface area contributed by atoms with Crippen LogP contribution in [-0.4, -0.2) is 12.1 Å². The number of H-pyrrole nitrogens is 1. The first-order valence-corrected chi connectivity index (χ1v) is 4.53. The molecule has 0 spiro atoms. The van der Waals surface area contributed by atoms with E-state index in [9.17, 15) is 0 Å². The molecule has 2 nitrogen and oxygen atoms in total. The van der Waals surface area contributed by atoms with Crippen molar-refractivity contribution in [3.63, 3.8) is 0 Å². The van der Waals surface area contributed by atoms with Gasteiger partial charge in [0.25, 0.3) is 0 Å². The summed E-state index contributed by atoms with van der Waals surface area (Å²) in [5, 5.41) is 1.16. The van der Waals surface area contributed by atoms with Crippen molar-refractivity contribution in [1.82, 2.24) is 4.98 Å². The second-order valence-corrected chi connectivity index (χ2v) is 3.39. The van der Waals surface area contributed by atoms with E-state index in [0.717, 1.165) is 27.8 Å². The van der Waals surface area contributed by atoms with Crippen LogP contribution in [0.1, 0.15) is 12.5 Å². The van der Waals surface area contributed by atoms with E-state index in [1.165, 1.54) is 0 Å². The highest BCUT2D eigenvalue weighted by Gasteiger charge is 2.04. The van der Waals surface area contributed by atoms with Crippen molar-refractivity contribution in [2.45, 2.75) is 6.92 Å². The van der Waals surface area contributed by atoms with Gasteiger partial charge in [-0.2, -0.15) is 0 Å². The van der Waals surface area contributed by atoms with Crippen LogP contribution >= 0.6 is 0 Å². The second-order valence-electron chi connectivity index (χ2n) is 3.39. The van der Waals surface area contributed by atoms with Crippen molar-refractivity contribution in [3.05, 3.63) is 36.5 Å². The van der Waals surface area contributed by atoms with Gasteiger partial charge in [0.15, 0.2) is 0 Å². The molecule has 72 valence electrons. The molecule has 0 unspecified atom stereocenters.